The number of hydrogen-bond acceptors (Lipinski definition) is 7. The van der Waals surface area contributed by atoms with Crippen LogP contribution in [0.5, 0.6) is 5.88 Å². The fourth-order valence-corrected chi connectivity index (χ4v) is 3.58. The molecule has 26 heavy (non-hydrogen) atoms. The Balaban J connectivity index is 1.45. The van der Waals surface area contributed by atoms with Gasteiger partial charge in [0.25, 0.3) is 0 Å². The molecular weight excluding hydrogens is 349 g/mol. The van der Waals surface area contributed by atoms with Crippen molar-refractivity contribution in [1.29, 1.82) is 0 Å². The van der Waals surface area contributed by atoms with Crippen molar-refractivity contribution in [2.45, 2.75) is 6.18 Å². The van der Waals surface area contributed by atoms with Gasteiger partial charge in [-0.05, 0) is 6.07 Å². The van der Waals surface area contributed by atoms with Crippen LogP contribution >= 0.6 is 0 Å². The Morgan fingerprint density at radius 2 is 1.46 bits per heavy atom. The highest BCUT2D eigenvalue weighted by molar-refractivity contribution is 5.39. The number of ether oxygens (including phenoxy) is 1. The molecule has 0 bridgehead atoms. The van der Waals surface area contributed by atoms with Crippen molar-refractivity contribution in [2.75, 3.05) is 43.1 Å². The van der Waals surface area contributed by atoms with Crippen molar-refractivity contribution < 1.29 is 17.9 Å². The van der Waals surface area contributed by atoms with Crippen molar-refractivity contribution in [3.8, 4) is 5.88 Å². The Hall–Kier alpha value is -2.65. The van der Waals surface area contributed by atoms with Gasteiger partial charge in [0.2, 0.25) is 17.8 Å². The third-order valence-electron chi connectivity index (χ3n) is 4.81. The van der Waals surface area contributed by atoms with E-state index < -0.39 is 11.9 Å². The quantitative estimate of drug-likeness (QED) is 0.821. The Kier molecular flexibility index (Phi) is 4.04. The summed E-state index contributed by atoms with van der Waals surface area (Å²) in [7, 11) is 1.55. The smallest absolute Gasteiger partial charge is 0.433 e. The van der Waals surface area contributed by atoms with E-state index in [0.29, 0.717) is 36.8 Å². The topological polar surface area (TPSA) is 67.3 Å². The number of hydrogen-bond donors (Lipinski definition) is 0. The highest BCUT2D eigenvalue weighted by Crippen LogP contribution is 2.35. The molecule has 0 N–H and O–H groups in total. The number of halogens is 3. The highest BCUT2D eigenvalue weighted by Gasteiger charge is 2.42. The summed E-state index contributed by atoms with van der Waals surface area (Å²) < 4.78 is 43.7. The van der Waals surface area contributed by atoms with Crippen LogP contribution in [0.2, 0.25) is 0 Å². The SMILES string of the molecule is COc1ccnc(N2CC3CN(c4nccc(C(F)(F)F)n4)CC3C2)n1. The summed E-state index contributed by atoms with van der Waals surface area (Å²) in [6.07, 6.45) is -1.65. The zero-order valence-corrected chi connectivity index (χ0v) is 14.0. The van der Waals surface area contributed by atoms with Crippen LogP contribution in [0.15, 0.2) is 24.5 Å². The molecular formula is C16H17F3N6O. The number of methoxy groups -OCH3 is 1. The van der Waals surface area contributed by atoms with Gasteiger partial charge in [-0.2, -0.15) is 18.2 Å². The van der Waals surface area contributed by atoms with Gasteiger partial charge in [0.15, 0.2) is 0 Å². The molecule has 0 saturated carbocycles. The molecule has 0 aromatic carbocycles. The molecule has 4 heterocycles. The summed E-state index contributed by atoms with van der Waals surface area (Å²) in [5, 5.41) is 0. The third-order valence-corrected chi connectivity index (χ3v) is 4.81. The molecule has 7 nitrogen and oxygen atoms in total. The lowest BCUT2D eigenvalue weighted by Crippen LogP contribution is -2.31. The molecule has 2 fully saturated rings. The van der Waals surface area contributed by atoms with Crippen LogP contribution < -0.4 is 14.5 Å². The lowest BCUT2D eigenvalue weighted by atomic mass is 10.0. The van der Waals surface area contributed by atoms with Gasteiger partial charge < -0.3 is 14.5 Å². The monoisotopic (exact) mass is 366 g/mol. The van der Waals surface area contributed by atoms with E-state index in [0.717, 1.165) is 25.4 Å². The first-order valence-electron chi connectivity index (χ1n) is 8.21. The van der Waals surface area contributed by atoms with E-state index in [2.05, 4.69) is 24.8 Å². The fraction of sp³-hybridized carbons (Fsp3) is 0.500. The second-order valence-corrected chi connectivity index (χ2v) is 6.47. The molecule has 2 aliphatic rings. The molecule has 0 aliphatic carbocycles. The molecule has 2 saturated heterocycles. The van der Waals surface area contributed by atoms with Gasteiger partial charge in [-0.1, -0.05) is 0 Å². The average Bonchev–Trinajstić information content (AvgIpc) is 3.20. The van der Waals surface area contributed by atoms with Crippen LogP contribution in [-0.2, 0) is 6.18 Å². The first-order valence-corrected chi connectivity index (χ1v) is 8.21. The molecule has 2 atom stereocenters. The Morgan fingerprint density at radius 1 is 0.923 bits per heavy atom. The van der Waals surface area contributed by atoms with E-state index in [1.54, 1.807) is 19.4 Å². The largest absolute Gasteiger partial charge is 0.481 e. The predicted octanol–water partition coefficient (Wildman–Crippen LogP) is 1.87. The summed E-state index contributed by atoms with van der Waals surface area (Å²) in [4.78, 5) is 20.3. The minimum atomic E-state index is -4.46. The van der Waals surface area contributed by atoms with Crippen LogP contribution in [-0.4, -0.2) is 53.2 Å². The van der Waals surface area contributed by atoms with Gasteiger partial charge in [-0.3, -0.25) is 0 Å². The summed E-state index contributed by atoms with van der Waals surface area (Å²) in [6.45, 7) is 2.72. The van der Waals surface area contributed by atoms with E-state index >= 15 is 0 Å². The van der Waals surface area contributed by atoms with E-state index in [9.17, 15) is 13.2 Å². The number of anilines is 2. The minimum absolute atomic E-state index is 0.137. The molecule has 0 amide bonds. The average molecular weight is 366 g/mol. The van der Waals surface area contributed by atoms with Crippen LogP contribution in [0.4, 0.5) is 25.1 Å². The molecule has 2 aromatic rings. The van der Waals surface area contributed by atoms with Crippen LogP contribution in [0.1, 0.15) is 5.69 Å². The van der Waals surface area contributed by atoms with Crippen LogP contribution in [0.25, 0.3) is 0 Å². The lowest BCUT2D eigenvalue weighted by Gasteiger charge is -2.22. The number of alkyl halides is 3. The van der Waals surface area contributed by atoms with E-state index in [4.69, 9.17) is 4.74 Å². The van der Waals surface area contributed by atoms with Crippen molar-refractivity contribution in [1.82, 2.24) is 19.9 Å². The van der Waals surface area contributed by atoms with Crippen LogP contribution in [0, 0.1) is 11.8 Å². The standard InChI is InChI=1S/C16H17F3N6O/c1-26-13-3-5-21-15(23-13)25-8-10-6-24(7-11(10)9-25)14-20-4-2-12(22-14)16(17,18)19/h2-5,10-11H,6-9H2,1H3. The molecule has 0 spiro atoms. The molecule has 10 heteroatoms. The zero-order valence-electron chi connectivity index (χ0n) is 14.0. The minimum Gasteiger partial charge on any atom is -0.481 e. The first-order chi connectivity index (χ1) is 12.4. The van der Waals surface area contributed by atoms with Crippen molar-refractivity contribution >= 4 is 11.9 Å². The van der Waals surface area contributed by atoms with Crippen molar-refractivity contribution in [3.63, 3.8) is 0 Å². The summed E-state index contributed by atoms with van der Waals surface area (Å²) in [6, 6.07) is 2.58. The normalized spacial score (nSPS) is 22.6. The number of nitrogens with zero attached hydrogens (tertiary/aromatic N) is 6. The number of fused-ring (bicyclic) bond motifs is 1. The van der Waals surface area contributed by atoms with E-state index in [1.807, 2.05) is 4.90 Å². The van der Waals surface area contributed by atoms with E-state index in [1.165, 1.54) is 0 Å². The maximum atomic E-state index is 12.8. The molecule has 4 rings (SSSR count). The zero-order chi connectivity index (χ0) is 18.3. The molecule has 2 unspecified atom stereocenters. The van der Waals surface area contributed by atoms with Gasteiger partial charge in [-0.15, -0.1) is 0 Å². The molecule has 2 aliphatic heterocycles. The Labute approximate surface area is 147 Å². The molecule has 138 valence electrons. The predicted molar refractivity (Wildman–Crippen MR) is 87.0 cm³/mol. The number of rotatable bonds is 3. The van der Waals surface area contributed by atoms with Gasteiger partial charge >= 0.3 is 6.18 Å². The van der Waals surface area contributed by atoms with E-state index in [-0.39, 0.29) is 5.95 Å². The Morgan fingerprint density at radius 3 is 2.00 bits per heavy atom. The second kappa shape index (κ2) is 6.26. The third kappa shape index (κ3) is 3.11. The summed E-state index contributed by atoms with van der Waals surface area (Å²) in [5.74, 6) is 1.87. The van der Waals surface area contributed by atoms with Crippen LogP contribution in [0.3, 0.4) is 0 Å². The lowest BCUT2D eigenvalue weighted by molar-refractivity contribution is -0.141. The van der Waals surface area contributed by atoms with Gasteiger partial charge in [0.05, 0.1) is 7.11 Å². The van der Waals surface area contributed by atoms with Crippen molar-refractivity contribution in [3.05, 3.63) is 30.2 Å². The fourth-order valence-electron chi connectivity index (χ4n) is 3.58. The summed E-state index contributed by atoms with van der Waals surface area (Å²) >= 11 is 0. The van der Waals surface area contributed by atoms with Gasteiger partial charge in [0.1, 0.15) is 5.69 Å². The molecule has 0 radical (unpaired) electrons. The molecule has 2 aromatic heterocycles. The number of aromatic nitrogens is 4. The highest BCUT2D eigenvalue weighted by atomic mass is 19.4. The maximum absolute atomic E-state index is 12.8. The van der Waals surface area contributed by atoms with Gasteiger partial charge in [0, 0.05) is 56.5 Å². The Bertz CT molecular complexity index is 788. The van der Waals surface area contributed by atoms with Gasteiger partial charge in [-0.25, -0.2) is 15.0 Å². The maximum Gasteiger partial charge on any atom is 0.433 e. The second-order valence-electron chi connectivity index (χ2n) is 6.47. The van der Waals surface area contributed by atoms with Crippen molar-refractivity contribution in [2.24, 2.45) is 11.8 Å². The first kappa shape index (κ1) is 16.8. The summed E-state index contributed by atoms with van der Waals surface area (Å²) in [5.41, 5.74) is -0.911.